The van der Waals surface area contributed by atoms with Crippen LogP contribution in [0.5, 0.6) is 11.5 Å². The normalized spacial score (nSPS) is 17.3. The van der Waals surface area contributed by atoms with E-state index in [1.54, 1.807) is 38.5 Å². The number of likely N-dealkylation sites (tertiary alicyclic amines) is 1. The first-order valence-electron chi connectivity index (χ1n) is 8.99. The topological polar surface area (TPSA) is 95.0 Å². The van der Waals surface area contributed by atoms with E-state index < -0.39 is 5.63 Å². The standard InChI is InChI=1S/C20H23BrN2O5/c1-26-17-8-14(15(21)9-18(17)27-2)16-6-5-13(20(25)28-16)11-23-7-3-4-12(10-23)19(22)24/h5-6,8-9,12H,3-4,7,10-11H2,1-2H3,(H2,22,24). The van der Waals surface area contributed by atoms with Gasteiger partial charge < -0.3 is 19.6 Å². The van der Waals surface area contributed by atoms with Gasteiger partial charge in [-0.15, -0.1) is 0 Å². The Balaban J connectivity index is 1.83. The molecule has 3 rings (SSSR count). The Kier molecular flexibility index (Phi) is 6.41. The molecule has 2 N–H and O–H groups in total. The average molecular weight is 451 g/mol. The number of carbonyl (C=O) groups is 1. The van der Waals surface area contributed by atoms with E-state index in [-0.39, 0.29) is 11.8 Å². The van der Waals surface area contributed by atoms with E-state index in [0.29, 0.717) is 41.5 Å². The molecule has 1 unspecified atom stereocenters. The van der Waals surface area contributed by atoms with E-state index in [1.807, 2.05) is 0 Å². The molecule has 1 saturated heterocycles. The fourth-order valence-corrected chi connectivity index (χ4v) is 3.94. The zero-order valence-corrected chi connectivity index (χ0v) is 17.5. The van der Waals surface area contributed by atoms with Crippen molar-refractivity contribution in [1.82, 2.24) is 4.90 Å². The van der Waals surface area contributed by atoms with Gasteiger partial charge in [0.05, 0.1) is 25.7 Å². The predicted molar refractivity (Wildman–Crippen MR) is 108 cm³/mol. The van der Waals surface area contributed by atoms with Crippen LogP contribution in [-0.2, 0) is 11.3 Å². The van der Waals surface area contributed by atoms with Crippen LogP contribution in [0.1, 0.15) is 18.4 Å². The van der Waals surface area contributed by atoms with Crippen LogP contribution in [0.3, 0.4) is 0 Å². The zero-order valence-electron chi connectivity index (χ0n) is 15.9. The maximum atomic E-state index is 12.5. The summed E-state index contributed by atoms with van der Waals surface area (Å²) in [4.78, 5) is 26.0. The molecular weight excluding hydrogens is 428 g/mol. The number of piperidine rings is 1. The minimum absolute atomic E-state index is 0.164. The number of nitrogens with zero attached hydrogens (tertiary/aromatic N) is 1. The Morgan fingerprint density at radius 1 is 1.29 bits per heavy atom. The molecule has 8 heteroatoms. The van der Waals surface area contributed by atoms with Crippen molar-refractivity contribution >= 4 is 21.8 Å². The molecular formula is C20H23BrN2O5. The molecule has 7 nitrogen and oxygen atoms in total. The van der Waals surface area contributed by atoms with Crippen LogP contribution < -0.4 is 20.8 Å². The Morgan fingerprint density at radius 2 is 2.00 bits per heavy atom. The maximum absolute atomic E-state index is 12.5. The molecule has 2 aromatic rings. The van der Waals surface area contributed by atoms with Crippen LogP contribution in [0.15, 0.2) is 37.9 Å². The smallest absolute Gasteiger partial charge is 0.340 e. The SMILES string of the molecule is COc1cc(Br)c(-c2ccc(CN3CCCC(C(N)=O)C3)c(=O)o2)cc1OC. The summed E-state index contributed by atoms with van der Waals surface area (Å²) < 4.78 is 16.9. The highest BCUT2D eigenvalue weighted by Gasteiger charge is 2.24. The second-order valence-corrected chi connectivity index (χ2v) is 7.63. The van der Waals surface area contributed by atoms with Gasteiger partial charge in [-0.1, -0.05) is 0 Å². The first-order valence-corrected chi connectivity index (χ1v) is 9.78. The van der Waals surface area contributed by atoms with Gasteiger partial charge >= 0.3 is 5.63 Å². The van der Waals surface area contributed by atoms with E-state index in [9.17, 15) is 9.59 Å². The van der Waals surface area contributed by atoms with Gasteiger partial charge in [0.2, 0.25) is 5.91 Å². The third-order valence-corrected chi connectivity index (χ3v) is 5.60. The maximum Gasteiger partial charge on any atom is 0.340 e. The van der Waals surface area contributed by atoms with Crippen molar-refractivity contribution in [2.75, 3.05) is 27.3 Å². The van der Waals surface area contributed by atoms with E-state index >= 15 is 0 Å². The van der Waals surface area contributed by atoms with Crippen molar-refractivity contribution in [1.29, 1.82) is 0 Å². The van der Waals surface area contributed by atoms with Crippen molar-refractivity contribution in [2.45, 2.75) is 19.4 Å². The van der Waals surface area contributed by atoms with Crippen LogP contribution in [0.4, 0.5) is 0 Å². The number of halogens is 1. The minimum atomic E-state index is -0.402. The lowest BCUT2D eigenvalue weighted by atomic mass is 9.97. The molecule has 28 heavy (non-hydrogen) atoms. The number of amides is 1. The molecule has 0 bridgehead atoms. The second kappa shape index (κ2) is 8.79. The monoisotopic (exact) mass is 450 g/mol. The van der Waals surface area contributed by atoms with Crippen LogP contribution in [0.2, 0.25) is 0 Å². The highest BCUT2D eigenvalue weighted by atomic mass is 79.9. The number of ether oxygens (including phenoxy) is 2. The molecule has 1 aliphatic rings. The summed E-state index contributed by atoms with van der Waals surface area (Å²) >= 11 is 3.48. The third-order valence-electron chi connectivity index (χ3n) is 4.94. The number of hydrogen-bond acceptors (Lipinski definition) is 6. The molecule has 1 fully saturated rings. The molecule has 1 atom stereocenters. The number of nitrogens with two attached hydrogens (primary N) is 1. The summed E-state index contributed by atoms with van der Waals surface area (Å²) in [6.07, 6.45) is 1.68. The van der Waals surface area contributed by atoms with Gasteiger partial charge in [0, 0.05) is 23.1 Å². The van der Waals surface area contributed by atoms with E-state index in [0.717, 1.165) is 23.9 Å². The number of benzene rings is 1. The first kappa shape index (κ1) is 20.4. The van der Waals surface area contributed by atoms with Gasteiger partial charge in [-0.05, 0) is 59.6 Å². The molecule has 1 aromatic carbocycles. The molecule has 0 aliphatic carbocycles. The van der Waals surface area contributed by atoms with Gasteiger partial charge in [-0.3, -0.25) is 9.69 Å². The fourth-order valence-electron chi connectivity index (χ4n) is 3.42. The summed E-state index contributed by atoms with van der Waals surface area (Å²) in [7, 11) is 3.11. The van der Waals surface area contributed by atoms with E-state index in [2.05, 4.69) is 20.8 Å². The van der Waals surface area contributed by atoms with Crippen molar-refractivity contribution in [3.63, 3.8) is 0 Å². The first-order chi connectivity index (χ1) is 13.4. The Bertz CT molecular complexity index is 927. The van der Waals surface area contributed by atoms with Gasteiger partial charge in [0.1, 0.15) is 5.76 Å². The number of methoxy groups -OCH3 is 2. The second-order valence-electron chi connectivity index (χ2n) is 6.78. The number of carbonyl (C=O) groups excluding carboxylic acids is 1. The van der Waals surface area contributed by atoms with Crippen molar-refractivity contribution < 1.29 is 18.7 Å². The lowest BCUT2D eigenvalue weighted by molar-refractivity contribution is -0.123. The van der Waals surface area contributed by atoms with Crippen molar-refractivity contribution in [3.05, 3.63) is 44.7 Å². The largest absolute Gasteiger partial charge is 0.493 e. The predicted octanol–water partition coefficient (Wildman–Crippen LogP) is 2.78. The summed E-state index contributed by atoms with van der Waals surface area (Å²) in [5.41, 5.74) is 6.26. The zero-order chi connectivity index (χ0) is 20.3. The van der Waals surface area contributed by atoms with Crippen molar-refractivity contribution in [2.24, 2.45) is 11.7 Å². The summed E-state index contributed by atoms with van der Waals surface area (Å²) in [6, 6.07) is 7.04. The van der Waals surface area contributed by atoms with Gasteiger partial charge in [0.25, 0.3) is 0 Å². The van der Waals surface area contributed by atoms with E-state index in [4.69, 9.17) is 19.6 Å². The third kappa shape index (κ3) is 4.39. The fraction of sp³-hybridized carbons (Fsp3) is 0.400. The highest BCUT2D eigenvalue weighted by molar-refractivity contribution is 9.10. The summed E-state index contributed by atoms with van der Waals surface area (Å²) in [6.45, 7) is 1.82. The summed E-state index contributed by atoms with van der Waals surface area (Å²) in [5, 5.41) is 0. The molecule has 1 amide bonds. The number of hydrogen-bond donors (Lipinski definition) is 1. The molecule has 0 spiro atoms. The molecule has 150 valence electrons. The molecule has 1 aromatic heterocycles. The van der Waals surface area contributed by atoms with Crippen molar-refractivity contribution in [3.8, 4) is 22.8 Å². The van der Waals surface area contributed by atoms with Gasteiger partial charge in [-0.25, -0.2) is 4.79 Å². The lowest BCUT2D eigenvalue weighted by Crippen LogP contribution is -2.41. The van der Waals surface area contributed by atoms with Crippen LogP contribution in [0.25, 0.3) is 11.3 Å². The van der Waals surface area contributed by atoms with Crippen LogP contribution in [-0.4, -0.2) is 38.1 Å². The Labute approximate surface area is 171 Å². The molecule has 0 saturated carbocycles. The molecule has 0 radical (unpaired) electrons. The Morgan fingerprint density at radius 3 is 2.64 bits per heavy atom. The number of rotatable bonds is 6. The quantitative estimate of drug-likeness (QED) is 0.726. The Hall–Kier alpha value is -2.32. The molecule has 2 heterocycles. The van der Waals surface area contributed by atoms with Crippen LogP contribution in [0, 0.1) is 5.92 Å². The number of primary amides is 1. The van der Waals surface area contributed by atoms with E-state index in [1.165, 1.54) is 0 Å². The van der Waals surface area contributed by atoms with Crippen LogP contribution >= 0.6 is 15.9 Å². The average Bonchev–Trinajstić information content (AvgIpc) is 2.69. The summed E-state index contributed by atoms with van der Waals surface area (Å²) in [5.74, 6) is 1.09. The molecule has 1 aliphatic heterocycles. The van der Waals surface area contributed by atoms with Gasteiger partial charge in [0.15, 0.2) is 11.5 Å². The minimum Gasteiger partial charge on any atom is -0.493 e. The van der Waals surface area contributed by atoms with Gasteiger partial charge in [-0.2, -0.15) is 0 Å². The lowest BCUT2D eigenvalue weighted by Gasteiger charge is -2.30. The highest BCUT2D eigenvalue weighted by Crippen LogP contribution is 2.38.